The van der Waals surface area contributed by atoms with Gasteiger partial charge in [0.05, 0.1) is 18.1 Å². The highest BCUT2D eigenvalue weighted by atomic mass is 16.5. The molecule has 1 aliphatic rings. The van der Waals surface area contributed by atoms with Gasteiger partial charge in [0.1, 0.15) is 6.10 Å². The Bertz CT molecular complexity index is 405. The van der Waals surface area contributed by atoms with Crippen LogP contribution in [0.3, 0.4) is 0 Å². The van der Waals surface area contributed by atoms with E-state index in [0.29, 0.717) is 23.8 Å². The second kappa shape index (κ2) is 8.32. The number of aromatic nitrogens is 2. The lowest BCUT2D eigenvalue weighted by molar-refractivity contribution is 0.0853. The van der Waals surface area contributed by atoms with Gasteiger partial charge in [0.25, 0.3) is 0 Å². The van der Waals surface area contributed by atoms with Gasteiger partial charge >= 0.3 is 0 Å². The first-order chi connectivity index (χ1) is 10.2. The predicted octanol–water partition coefficient (Wildman–Crippen LogP) is 3.57. The Morgan fingerprint density at radius 1 is 1.24 bits per heavy atom. The van der Waals surface area contributed by atoms with E-state index in [1.165, 1.54) is 25.7 Å². The lowest BCUT2D eigenvalue weighted by Crippen LogP contribution is -2.30. The van der Waals surface area contributed by atoms with Crippen molar-refractivity contribution in [3.8, 4) is 5.88 Å². The van der Waals surface area contributed by atoms with Crippen LogP contribution in [0.25, 0.3) is 0 Å². The lowest BCUT2D eigenvalue weighted by atomic mass is 9.85. The van der Waals surface area contributed by atoms with Gasteiger partial charge in [-0.25, -0.2) is 4.98 Å². The molecule has 2 unspecified atom stereocenters. The smallest absolute Gasteiger partial charge is 0.232 e. The highest BCUT2D eigenvalue weighted by Crippen LogP contribution is 2.29. The van der Waals surface area contributed by atoms with E-state index in [4.69, 9.17) is 4.74 Å². The molecule has 4 nitrogen and oxygen atoms in total. The molecule has 1 saturated carbocycles. The molecule has 0 bridgehead atoms. The molecule has 1 N–H and O–H groups in total. The minimum absolute atomic E-state index is 0.322. The van der Waals surface area contributed by atoms with Gasteiger partial charge in [0.15, 0.2) is 0 Å². The van der Waals surface area contributed by atoms with Crippen LogP contribution in [0, 0.1) is 11.8 Å². The third kappa shape index (κ3) is 5.27. The zero-order valence-electron chi connectivity index (χ0n) is 13.6. The molecular formula is C17H29N3O. The van der Waals surface area contributed by atoms with Crippen molar-refractivity contribution in [3.05, 3.63) is 18.1 Å². The van der Waals surface area contributed by atoms with Crippen LogP contribution in [0.1, 0.15) is 58.6 Å². The van der Waals surface area contributed by atoms with Gasteiger partial charge in [-0.3, -0.25) is 4.98 Å². The van der Waals surface area contributed by atoms with Crippen LogP contribution in [0.5, 0.6) is 5.88 Å². The molecule has 1 fully saturated rings. The van der Waals surface area contributed by atoms with E-state index >= 15 is 0 Å². The Hall–Kier alpha value is -1.16. The summed E-state index contributed by atoms with van der Waals surface area (Å²) in [5.74, 6) is 2.00. The van der Waals surface area contributed by atoms with Crippen molar-refractivity contribution in [3.63, 3.8) is 0 Å². The Morgan fingerprint density at radius 3 is 2.71 bits per heavy atom. The molecular weight excluding hydrogens is 262 g/mol. The van der Waals surface area contributed by atoms with Gasteiger partial charge in [-0.15, -0.1) is 0 Å². The van der Waals surface area contributed by atoms with E-state index in [0.717, 1.165) is 25.2 Å². The molecule has 1 aromatic heterocycles. The Labute approximate surface area is 128 Å². The van der Waals surface area contributed by atoms with Gasteiger partial charge in [-0.1, -0.05) is 27.2 Å². The van der Waals surface area contributed by atoms with E-state index in [2.05, 4.69) is 36.1 Å². The fourth-order valence-electron chi connectivity index (χ4n) is 2.93. The van der Waals surface area contributed by atoms with E-state index in [1.54, 1.807) is 6.20 Å². The van der Waals surface area contributed by atoms with Crippen molar-refractivity contribution >= 4 is 0 Å². The molecule has 0 spiro atoms. The monoisotopic (exact) mass is 291 g/mol. The molecule has 1 heterocycles. The minimum Gasteiger partial charge on any atom is -0.473 e. The molecule has 0 aliphatic heterocycles. The maximum absolute atomic E-state index is 6.06. The first-order valence-electron chi connectivity index (χ1n) is 8.37. The van der Waals surface area contributed by atoms with Crippen LogP contribution in [-0.2, 0) is 6.54 Å². The SMILES string of the molecule is CCC1CCCCC1Oc1cnc(CNCC(C)C)cn1. The first kappa shape index (κ1) is 16.2. The molecule has 2 atom stereocenters. The number of hydrogen-bond acceptors (Lipinski definition) is 4. The van der Waals surface area contributed by atoms with E-state index in [1.807, 2.05) is 6.20 Å². The van der Waals surface area contributed by atoms with Gasteiger partial charge < -0.3 is 10.1 Å². The van der Waals surface area contributed by atoms with E-state index < -0.39 is 0 Å². The summed E-state index contributed by atoms with van der Waals surface area (Å²) in [4.78, 5) is 8.86. The molecule has 0 saturated heterocycles. The van der Waals surface area contributed by atoms with Crippen molar-refractivity contribution in [2.24, 2.45) is 11.8 Å². The third-order valence-electron chi connectivity index (χ3n) is 4.18. The van der Waals surface area contributed by atoms with Gasteiger partial charge in [0, 0.05) is 6.54 Å². The molecule has 4 heteroatoms. The third-order valence-corrected chi connectivity index (χ3v) is 4.18. The van der Waals surface area contributed by atoms with Crippen LogP contribution < -0.4 is 10.1 Å². The van der Waals surface area contributed by atoms with Crippen molar-refractivity contribution in [2.75, 3.05) is 6.54 Å². The quantitative estimate of drug-likeness (QED) is 0.834. The maximum Gasteiger partial charge on any atom is 0.232 e. The fourth-order valence-corrected chi connectivity index (χ4v) is 2.93. The Kier molecular flexibility index (Phi) is 6.43. The molecule has 0 aromatic carbocycles. The average molecular weight is 291 g/mol. The topological polar surface area (TPSA) is 47.0 Å². The van der Waals surface area contributed by atoms with Crippen LogP contribution in [-0.4, -0.2) is 22.6 Å². The number of rotatable bonds is 7. The highest BCUT2D eigenvalue weighted by Gasteiger charge is 2.25. The summed E-state index contributed by atoms with van der Waals surface area (Å²) in [7, 11) is 0. The molecule has 1 aliphatic carbocycles. The zero-order chi connectivity index (χ0) is 15.1. The second-order valence-corrected chi connectivity index (χ2v) is 6.48. The van der Waals surface area contributed by atoms with Crippen LogP contribution in [0.4, 0.5) is 0 Å². The molecule has 118 valence electrons. The first-order valence-corrected chi connectivity index (χ1v) is 8.37. The van der Waals surface area contributed by atoms with E-state index in [9.17, 15) is 0 Å². The number of hydrogen-bond donors (Lipinski definition) is 1. The zero-order valence-corrected chi connectivity index (χ0v) is 13.6. The summed E-state index contributed by atoms with van der Waals surface area (Å²) in [6.07, 6.45) is 10.2. The summed E-state index contributed by atoms with van der Waals surface area (Å²) in [5, 5.41) is 3.37. The largest absolute Gasteiger partial charge is 0.473 e. The lowest BCUT2D eigenvalue weighted by Gasteiger charge is -2.30. The second-order valence-electron chi connectivity index (χ2n) is 6.48. The predicted molar refractivity (Wildman–Crippen MR) is 85.2 cm³/mol. The maximum atomic E-state index is 6.06. The van der Waals surface area contributed by atoms with Gasteiger partial charge in [-0.05, 0) is 44.1 Å². The summed E-state index contributed by atoms with van der Waals surface area (Å²) >= 11 is 0. The van der Waals surface area contributed by atoms with Crippen molar-refractivity contribution < 1.29 is 4.74 Å². The fraction of sp³-hybridized carbons (Fsp3) is 0.765. The molecule has 0 amide bonds. The molecule has 0 radical (unpaired) electrons. The van der Waals surface area contributed by atoms with Crippen LogP contribution in [0.15, 0.2) is 12.4 Å². The molecule has 21 heavy (non-hydrogen) atoms. The van der Waals surface area contributed by atoms with Crippen molar-refractivity contribution in [1.29, 1.82) is 0 Å². The highest BCUT2D eigenvalue weighted by molar-refractivity contribution is 5.08. The normalized spacial score (nSPS) is 22.5. The molecule has 1 aromatic rings. The summed E-state index contributed by atoms with van der Waals surface area (Å²) in [6.45, 7) is 8.42. The van der Waals surface area contributed by atoms with Gasteiger partial charge in [-0.2, -0.15) is 0 Å². The standard InChI is InChI=1S/C17H29N3O/c1-4-14-7-5-6-8-16(14)21-17-12-19-15(11-20-17)10-18-9-13(2)3/h11-14,16,18H,4-10H2,1-3H3. The average Bonchev–Trinajstić information content (AvgIpc) is 2.49. The summed E-state index contributed by atoms with van der Waals surface area (Å²) < 4.78 is 6.06. The van der Waals surface area contributed by atoms with Crippen LogP contribution >= 0.6 is 0 Å². The summed E-state index contributed by atoms with van der Waals surface area (Å²) in [6, 6.07) is 0. The van der Waals surface area contributed by atoms with E-state index in [-0.39, 0.29) is 0 Å². The van der Waals surface area contributed by atoms with Gasteiger partial charge in [0.2, 0.25) is 5.88 Å². The summed E-state index contributed by atoms with van der Waals surface area (Å²) in [5.41, 5.74) is 0.971. The van der Waals surface area contributed by atoms with Crippen molar-refractivity contribution in [2.45, 2.75) is 65.5 Å². The van der Waals surface area contributed by atoms with Crippen LogP contribution in [0.2, 0.25) is 0 Å². The van der Waals surface area contributed by atoms with Crippen molar-refractivity contribution in [1.82, 2.24) is 15.3 Å². The number of nitrogens with one attached hydrogen (secondary N) is 1. The Balaban J connectivity index is 1.83. The number of nitrogens with zero attached hydrogens (tertiary/aromatic N) is 2. The minimum atomic E-state index is 0.322. The number of ether oxygens (including phenoxy) is 1. The molecule has 2 rings (SSSR count). The Morgan fingerprint density at radius 2 is 2.05 bits per heavy atom.